The van der Waals surface area contributed by atoms with Crippen molar-refractivity contribution in [1.29, 1.82) is 0 Å². The van der Waals surface area contributed by atoms with Gasteiger partial charge in [-0.05, 0) is 19.4 Å². The maximum absolute atomic E-state index is 8.86. The third-order valence-electron chi connectivity index (χ3n) is 2.42. The molecule has 0 aromatic carbocycles. The highest BCUT2D eigenvalue weighted by molar-refractivity contribution is 6.37. The Labute approximate surface area is 112 Å². The summed E-state index contributed by atoms with van der Waals surface area (Å²) in [5, 5.41) is 12.8. The summed E-state index contributed by atoms with van der Waals surface area (Å²) in [6, 6.07) is 1.68. The zero-order valence-corrected chi connectivity index (χ0v) is 11.5. The second-order valence-corrected chi connectivity index (χ2v) is 4.35. The molecule has 0 unspecified atom stereocenters. The standard InChI is InChI=1S/C11H17Cl2N3O/c1-3-16(5-4-6-17)11-9(13)7-8(12)10(14-2)15-11/h7,17H,3-6H2,1-2H3,(H,14,15). The molecular weight excluding hydrogens is 261 g/mol. The normalized spacial score (nSPS) is 10.4. The van der Waals surface area contributed by atoms with Gasteiger partial charge in [-0.15, -0.1) is 0 Å². The molecule has 0 aliphatic carbocycles. The Morgan fingerprint density at radius 3 is 2.65 bits per heavy atom. The van der Waals surface area contributed by atoms with Crippen LogP contribution < -0.4 is 10.2 Å². The smallest absolute Gasteiger partial charge is 0.149 e. The van der Waals surface area contributed by atoms with E-state index in [4.69, 9.17) is 28.3 Å². The average Bonchev–Trinajstić information content (AvgIpc) is 2.32. The van der Waals surface area contributed by atoms with Crippen molar-refractivity contribution in [3.8, 4) is 0 Å². The van der Waals surface area contributed by atoms with Gasteiger partial charge in [0.05, 0.1) is 10.0 Å². The molecule has 0 saturated heterocycles. The van der Waals surface area contributed by atoms with E-state index in [1.807, 2.05) is 11.8 Å². The lowest BCUT2D eigenvalue weighted by molar-refractivity contribution is 0.289. The highest BCUT2D eigenvalue weighted by Crippen LogP contribution is 2.31. The molecule has 96 valence electrons. The van der Waals surface area contributed by atoms with E-state index < -0.39 is 0 Å². The first-order valence-electron chi connectivity index (χ1n) is 5.53. The third-order valence-corrected chi connectivity index (χ3v) is 2.98. The summed E-state index contributed by atoms with van der Waals surface area (Å²) in [4.78, 5) is 6.39. The van der Waals surface area contributed by atoms with Gasteiger partial charge < -0.3 is 15.3 Å². The molecule has 1 rings (SSSR count). The molecule has 2 N–H and O–H groups in total. The number of aliphatic hydroxyl groups is 1. The molecule has 0 saturated carbocycles. The van der Waals surface area contributed by atoms with Gasteiger partial charge in [0.15, 0.2) is 0 Å². The van der Waals surface area contributed by atoms with Crippen molar-refractivity contribution in [3.05, 3.63) is 16.1 Å². The predicted octanol–water partition coefficient (Wildman–Crippen LogP) is 2.64. The largest absolute Gasteiger partial charge is 0.396 e. The summed E-state index contributed by atoms with van der Waals surface area (Å²) >= 11 is 12.1. The number of nitrogens with zero attached hydrogens (tertiary/aromatic N) is 2. The van der Waals surface area contributed by atoms with Gasteiger partial charge in [0, 0.05) is 26.7 Å². The lowest BCUT2D eigenvalue weighted by Crippen LogP contribution is -2.26. The highest BCUT2D eigenvalue weighted by Gasteiger charge is 2.13. The molecule has 4 nitrogen and oxygen atoms in total. The second kappa shape index (κ2) is 6.89. The molecule has 0 spiro atoms. The number of nitrogens with one attached hydrogen (secondary N) is 1. The first-order chi connectivity index (χ1) is 8.13. The summed E-state index contributed by atoms with van der Waals surface area (Å²) in [6.07, 6.45) is 0.684. The van der Waals surface area contributed by atoms with Gasteiger partial charge in [-0.2, -0.15) is 0 Å². The lowest BCUT2D eigenvalue weighted by atomic mass is 10.3. The van der Waals surface area contributed by atoms with E-state index in [1.165, 1.54) is 0 Å². The maximum Gasteiger partial charge on any atom is 0.149 e. The van der Waals surface area contributed by atoms with Crippen LogP contribution in [-0.2, 0) is 0 Å². The van der Waals surface area contributed by atoms with Crippen molar-refractivity contribution < 1.29 is 5.11 Å². The Morgan fingerprint density at radius 2 is 2.12 bits per heavy atom. The summed E-state index contributed by atoms with van der Waals surface area (Å²) in [5.74, 6) is 1.30. The SMILES string of the molecule is CCN(CCCO)c1nc(NC)c(Cl)cc1Cl. The number of pyridine rings is 1. The molecule has 1 aromatic rings. The number of hydrogen-bond acceptors (Lipinski definition) is 4. The van der Waals surface area contributed by atoms with Crippen molar-refractivity contribution in [2.24, 2.45) is 0 Å². The lowest BCUT2D eigenvalue weighted by Gasteiger charge is -2.23. The van der Waals surface area contributed by atoms with Crippen molar-refractivity contribution in [2.75, 3.05) is 37.0 Å². The van der Waals surface area contributed by atoms with Crippen LogP contribution in [0.15, 0.2) is 6.07 Å². The van der Waals surface area contributed by atoms with Crippen molar-refractivity contribution in [2.45, 2.75) is 13.3 Å². The fraction of sp³-hybridized carbons (Fsp3) is 0.545. The number of halogens is 2. The van der Waals surface area contributed by atoms with Crippen LogP contribution in [0.1, 0.15) is 13.3 Å². The summed E-state index contributed by atoms with van der Waals surface area (Å²) < 4.78 is 0. The van der Waals surface area contributed by atoms with Crippen LogP contribution in [0, 0.1) is 0 Å². The van der Waals surface area contributed by atoms with Gasteiger partial charge in [0.1, 0.15) is 11.6 Å². The van der Waals surface area contributed by atoms with Crippen molar-refractivity contribution in [1.82, 2.24) is 4.98 Å². The Morgan fingerprint density at radius 1 is 1.41 bits per heavy atom. The number of anilines is 2. The van der Waals surface area contributed by atoms with Gasteiger partial charge in [-0.1, -0.05) is 23.2 Å². The van der Waals surface area contributed by atoms with Crippen LogP contribution in [0.25, 0.3) is 0 Å². The molecule has 0 amide bonds. The monoisotopic (exact) mass is 277 g/mol. The molecule has 17 heavy (non-hydrogen) atoms. The quantitative estimate of drug-likeness (QED) is 0.839. The molecule has 0 radical (unpaired) electrons. The van der Waals surface area contributed by atoms with E-state index in [1.54, 1.807) is 13.1 Å². The van der Waals surface area contributed by atoms with Gasteiger partial charge in [0.25, 0.3) is 0 Å². The minimum Gasteiger partial charge on any atom is -0.396 e. The maximum atomic E-state index is 8.86. The zero-order valence-electron chi connectivity index (χ0n) is 10.0. The van der Waals surface area contributed by atoms with Crippen LogP contribution in [0.2, 0.25) is 10.0 Å². The molecule has 1 heterocycles. The van der Waals surface area contributed by atoms with Crippen LogP contribution in [0.4, 0.5) is 11.6 Å². The van der Waals surface area contributed by atoms with E-state index in [-0.39, 0.29) is 6.61 Å². The van der Waals surface area contributed by atoms with Crippen LogP contribution in [0.3, 0.4) is 0 Å². The van der Waals surface area contributed by atoms with Gasteiger partial charge >= 0.3 is 0 Å². The van der Waals surface area contributed by atoms with Crippen LogP contribution in [-0.4, -0.2) is 36.8 Å². The minimum absolute atomic E-state index is 0.153. The van der Waals surface area contributed by atoms with Crippen molar-refractivity contribution >= 4 is 34.8 Å². The fourth-order valence-corrected chi connectivity index (χ4v) is 2.10. The number of aromatic nitrogens is 1. The Bertz CT molecular complexity index is 374. The third kappa shape index (κ3) is 3.63. The summed E-state index contributed by atoms with van der Waals surface area (Å²) in [7, 11) is 1.76. The van der Waals surface area contributed by atoms with Crippen LogP contribution >= 0.6 is 23.2 Å². The van der Waals surface area contributed by atoms with E-state index in [0.717, 1.165) is 6.54 Å². The summed E-state index contributed by atoms with van der Waals surface area (Å²) in [6.45, 7) is 3.66. The Balaban J connectivity index is 3.01. The number of rotatable bonds is 6. The molecule has 0 aliphatic rings. The first-order valence-corrected chi connectivity index (χ1v) is 6.29. The molecular formula is C11H17Cl2N3O. The first kappa shape index (κ1) is 14.4. The molecule has 1 aromatic heterocycles. The van der Waals surface area contributed by atoms with Gasteiger partial charge in [0.2, 0.25) is 0 Å². The molecule has 0 fully saturated rings. The van der Waals surface area contributed by atoms with Gasteiger partial charge in [-0.3, -0.25) is 0 Å². The topological polar surface area (TPSA) is 48.4 Å². The molecule has 0 bridgehead atoms. The van der Waals surface area contributed by atoms with E-state index in [9.17, 15) is 0 Å². The molecule has 6 heteroatoms. The zero-order chi connectivity index (χ0) is 12.8. The van der Waals surface area contributed by atoms with E-state index in [0.29, 0.717) is 34.6 Å². The molecule has 0 aliphatic heterocycles. The van der Waals surface area contributed by atoms with Crippen LogP contribution in [0.5, 0.6) is 0 Å². The summed E-state index contributed by atoms with van der Waals surface area (Å²) in [5.41, 5.74) is 0. The van der Waals surface area contributed by atoms with Gasteiger partial charge in [-0.25, -0.2) is 4.98 Å². The Kier molecular flexibility index (Phi) is 5.82. The number of aliphatic hydroxyl groups excluding tert-OH is 1. The Hall–Kier alpha value is -0.710. The predicted molar refractivity (Wildman–Crippen MR) is 73.4 cm³/mol. The fourth-order valence-electron chi connectivity index (χ4n) is 1.53. The van der Waals surface area contributed by atoms with Crippen molar-refractivity contribution in [3.63, 3.8) is 0 Å². The second-order valence-electron chi connectivity index (χ2n) is 3.53. The molecule has 0 atom stereocenters. The van der Waals surface area contributed by atoms with E-state index in [2.05, 4.69) is 10.3 Å². The minimum atomic E-state index is 0.153. The van der Waals surface area contributed by atoms with E-state index >= 15 is 0 Å². The number of hydrogen-bond donors (Lipinski definition) is 2. The average molecular weight is 278 g/mol. The highest BCUT2D eigenvalue weighted by atomic mass is 35.5.